The molecule has 2 aromatic rings. The Morgan fingerprint density at radius 3 is 2.52 bits per heavy atom. The molecule has 2 N–H and O–H groups in total. The van der Waals surface area contributed by atoms with Gasteiger partial charge in [-0.1, -0.05) is 37.6 Å². The van der Waals surface area contributed by atoms with Crippen LogP contribution in [-0.4, -0.2) is 10.9 Å². The summed E-state index contributed by atoms with van der Waals surface area (Å²) >= 11 is 0. The first-order chi connectivity index (χ1) is 10.9. The summed E-state index contributed by atoms with van der Waals surface area (Å²) in [6.07, 6.45) is 1.48. The van der Waals surface area contributed by atoms with Gasteiger partial charge in [-0.2, -0.15) is 0 Å². The number of carbonyl (C=O) groups excluding carboxylic acids is 1. The van der Waals surface area contributed by atoms with E-state index >= 15 is 0 Å². The number of rotatable bonds is 5. The molecule has 0 saturated carbocycles. The highest BCUT2D eigenvalue weighted by Gasteiger charge is 2.16. The average molecular weight is 312 g/mol. The zero-order valence-electron chi connectivity index (χ0n) is 14.2. The third-order valence-corrected chi connectivity index (χ3v) is 4.06. The molecular formula is C19H24N2O2. The second kappa shape index (κ2) is 7.27. The second-order valence-electron chi connectivity index (χ2n) is 5.91. The number of carbonyl (C=O) groups is 1. The summed E-state index contributed by atoms with van der Waals surface area (Å²) in [7, 11) is 0. The number of hydrogen-bond donors (Lipinski definition) is 2. The molecule has 1 heterocycles. The smallest absolute Gasteiger partial charge is 0.252 e. The average Bonchev–Trinajstić information content (AvgIpc) is 2.52. The second-order valence-corrected chi connectivity index (χ2v) is 5.91. The number of aromatic amines is 1. The van der Waals surface area contributed by atoms with Crippen LogP contribution in [0.4, 0.5) is 0 Å². The van der Waals surface area contributed by atoms with Crippen LogP contribution in [0.1, 0.15) is 59.1 Å². The van der Waals surface area contributed by atoms with E-state index in [1.165, 1.54) is 11.6 Å². The van der Waals surface area contributed by atoms with E-state index in [4.69, 9.17) is 0 Å². The van der Waals surface area contributed by atoms with Gasteiger partial charge >= 0.3 is 0 Å². The first-order valence-corrected chi connectivity index (χ1v) is 8.05. The number of hydrogen-bond acceptors (Lipinski definition) is 2. The van der Waals surface area contributed by atoms with Crippen molar-refractivity contribution in [1.29, 1.82) is 0 Å². The molecule has 4 heteroatoms. The zero-order chi connectivity index (χ0) is 17.0. The molecule has 23 heavy (non-hydrogen) atoms. The molecule has 4 nitrogen and oxygen atoms in total. The van der Waals surface area contributed by atoms with Crippen LogP contribution in [0.5, 0.6) is 0 Å². The van der Waals surface area contributed by atoms with Crippen LogP contribution in [0.3, 0.4) is 0 Å². The highest BCUT2D eigenvalue weighted by molar-refractivity contribution is 5.94. The monoisotopic (exact) mass is 312 g/mol. The third kappa shape index (κ3) is 4.09. The highest BCUT2D eigenvalue weighted by Crippen LogP contribution is 2.22. The van der Waals surface area contributed by atoms with E-state index in [1.807, 2.05) is 13.8 Å². The minimum atomic E-state index is -0.242. The Labute approximate surface area is 137 Å². The third-order valence-electron chi connectivity index (χ3n) is 4.06. The Balaban J connectivity index is 2.26. The van der Waals surface area contributed by atoms with Crippen LogP contribution in [0.15, 0.2) is 35.1 Å². The molecule has 0 spiro atoms. The quantitative estimate of drug-likeness (QED) is 0.888. The van der Waals surface area contributed by atoms with Crippen molar-refractivity contribution in [1.82, 2.24) is 10.3 Å². The summed E-state index contributed by atoms with van der Waals surface area (Å²) < 4.78 is 0. The predicted octanol–water partition coefficient (Wildman–Crippen LogP) is 3.44. The topological polar surface area (TPSA) is 62.0 Å². The molecule has 0 aliphatic carbocycles. The number of H-pyrrole nitrogens is 1. The van der Waals surface area contributed by atoms with Gasteiger partial charge in [0.1, 0.15) is 0 Å². The van der Waals surface area contributed by atoms with Crippen LogP contribution in [0.25, 0.3) is 0 Å². The normalized spacial score (nSPS) is 12.0. The van der Waals surface area contributed by atoms with Crippen LogP contribution in [0, 0.1) is 13.8 Å². The lowest BCUT2D eigenvalue weighted by Crippen LogP contribution is -2.29. The fourth-order valence-corrected chi connectivity index (χ4v) is 2.78. The van der Waals surface area contributed by atoms with E-state index in [-0.39, 0.29) is 17.5 Å². The maximum atomic E-state index is 12.5. The maximum Gasteiger partial charge on any atom is 0.252 e. The first kappa shape index (κ1) is 17.0. The molecule has 122 valence electrons. The Morgan fingerprint density at radius 1 is 1.17 bits per heavy atom. The molecule has 1 atom stereocenters. The molecule has 1 aromatic heterocycles. The Kier molecular flexibility index (Phi) is 5.37. The van der Waals surface area contributed by atoms with Gasteiger partial charge in [0, 0.05) is 17.3 Å². The van der Waals surface area contributed by atoms with Crippen molar-refractivity contribution >= 4 is 5.91 Å². The van der Waals surface area contributed by atoms with E-state index in [9.17, 15) is 9.59 Å². The van der Waals surface area contributed by atoms with Gasteiger partial charge in [0.25, 0.3) is 5.91 Å². The minimum Gasteiger partial charge on any atom is -0.345 e. The first-order valence-electron chi connectivity index (χ1n) is 8.05. The maximum absolute atomic E-state index is 12.5. The molecule has 0 radical (unpaired) electrons. The number of aryl methyl sites for hydroxylation is 3. The summed E-state index contributed by atoms with van der Waals surface area (Å²) in [5.41, 5.74) is 4.42. The Bertz CT molecular complexity index is 762. The van der Waals surface area contributed by atoms with Gasteiger partial charge in [-0.05, 0) is 43.9 Å². The van der Waals surface area contributed by atoms with Crippen molar-refractivity contribution in [2.45, 2.75) is 46.6 Å². The lowest BCUT2D eigenvalue weighted by atomic mass is 9.97. The zero-order valence-corrected chi connectivity index (χ0v) is 14.2. The molecule has 0 fully saturated rings. The van der Waals surface area contributed by atoms with Gasteiger partial charge in [0.2, 0.25) is 5.56 Å². The summed E-state index contributed by atoms with van der Waals surface area (Å²) in [4.78, 5) is 26.9. The van der Waals surface area contributed by atoms with Crippen molar-refractivity contribution in [2.75, 3.05) is 0 Å². The van der Waals surface area contributed by atoms with Gasteiger partial charge < -0.3 is 10.3 Å². The number of aromatic nitrogens is 1. The van der Waals surface area contributed by atoms with E-state index < -0.39 is 0 Å². The SMILES string of the molecule is CCc1cc(C(=O)NC(CC)c2ccc(C)cc2C)cc(=O)[nH]1. The number of amides is 1. The van der Waals surface area contributed by atoms with Crippen molar-refractivity contribution in [3.8, 4) is 0 Å². The minimum absolute atomic E-state index is 0.0625. The van der Waals surface area contributed by atoms with Gasteiger partial charge in [-0.15, -0.1) is 0 Å². The lowest BCUT2D eigenvalue weighted by molar-refractivity contribution is 0.0935. The molecule has 2 rings (SSSR count). The molecule has 1 unspecified atom stereocenters. The molecular weight excluding hydrogens is 288 g/mol. The number of nitrogens with one attached hydrogen (secondary N) is 2. The van der Waals surface area contributed by atoms with Gasteiger partial charge in [0.15, 0.2) is 0 Å². The molecule has 0 aliphatic rings. The Hall–Kier alpha value is -2.36. The fraction of sp³-hybridized carbons (Fsp3) is 0.368. The van der Waals surface area contributed by atoms with E-state index in [0.717, 1.165) is 23.2 Å². The van der Waals surface area contributed by atoms with Crippen LogP contribution in [0.2, 0.25) is 0 Å². The summed E-state index contributed by atoms with van der Waals surface area (Å²) in [6, 6.07) is 9.27. The predicted molar refractivity (Wildman–Crippen MR) is 92.9 cm³/mol. The fourth-order valence-electron chi connectivity index (χ4n) is 2.78. The number of benzene rings is 1. The Morgan fingerprint density at radius 2 is 1.91 bits per heavy atom. The molecule has 1 amide bonds. The molecule has 0 aliphatic heterocycles. The molecule has 1 aromatic carbocycles. The summed E-state index contributed by atoms with van der Waals surface area (Å²) in [5.74, 6) is -0.211. The van der Waals surface area contributed by atoms with E-state index in [2.05, 4.69) is 42.3 Å². The molecule has 0 saturated heterocycles. The van der Waals surface area contributed by atoms with Crippen molar-refractivity contribution in [2.24, 2.45) is 0 Å². The summed E-state index contributed by atoms with van der Waals surface area (Å²) in [5, 5.41) is 3.05. The van der Waals surface area contributed by atoms with Crippen molar-refractivity contribution in [3.05, 3.63) is 68.6 Å². The van der Waals surface area contributed by atoms with Crippen LogP contribution < -0.4 is 10.9 Å². The van der Waals surface area contributed by atoms with Gasteiger partial charge in [-0.25, -0.2) is 0 Å². The number of pyridine rings is 1. The van der Waals surface area contributed by atoms with Gasteiger partial charge in [0.05, 0.1) is 6.04 Å². The summed E-state index contributed by atoms with van der Waals surface area (Å²) in [6.45, 7) is 8.09. The van der Waals surface area contributed by atoms with Crippen LogP contribution >= 0.6 is 0 Å². The van der Waals surface area contributed by atoms with Crippen molar-refractivity contribution in [3.63, 3.8) is 0 Å². The van der Waals surface area contributed by atoms with E-state index in [1.54, 1.807) is 6.07 Å². The van der Waals surface area contributed by atoms with Crippen LogP contribution in [-0.2, 0) is 6.42 Å². The largest absolute Gasteiger partial charge is 0.345 e. The highest BCUT2D eigenvalue weighted by atomic mass is 16.2. The molecule has 0 bridgehead atoms. The van der Waals surface area contributed by atoms with Crippen molar-refractivity contribution < 1.29 is 4.79 Å². The lowest BCUT2D eigenvalue weighted by Gasteiger charge is -2.20. The standard InChI is InChI=1S/C19H24N2O2/c1-5-15-10-14(11-18(22)20-15)19(23)21-17(6-2)16-8-7-12(3)9-13(16)4/h7-11,17H,5-6H2,1-4H3,(H,20,22)(H,21,23). The van der Waals surface area contributed by atoms with Gasteiger partial charge in [-0.3, -0.25) is 9.59 Å². The van der Waals surface area contributed by atoms with E-state index in [0.29, 0.717) is 12.0 Å².